The molecular weight excluding hydrogens is 280 g/mol. The van der Waals surface area contributed by atoms with Gasteiger partial charge in [0.15, 0.2) is 10.5 Å². The summed E-state index contributed by atoms with van der Waals surface area (Å²) in [5.74, 6) is 0. The Balaban J connectivity index is 1.97. The molecule has 2 atom stereocenters. The van der Waals surface area contributed by atoms with Crippen LogP contribution >= 0.6 is 0 Å². The number of hydrogen-bond acceptors (Lipinski definition) is 0. The van der Waals surface area contributed by atoms with E-state index in [1.807, 2.05) is 0 Å². The lowest BCUT2D eigenvalue weighted by molar-refractivity contribution is 0.702. The predicted octanol–water partition coefficient (Wildman–Crippen LogP) is 4.64. The van der Waals surface area contributed by atoms with Crippen molar-refractivity contribution >= 4 is 21.8 Å². The smallest absolute Gasteiger partial charge is 0.0652 e. The molecule has 0 unspecified atom stereocenters. The molecule has 102 valence electrons. The van der Waals surface area contributed by atoms with Crippen molar-refractivity contribution in [2.75, 3.05) is 0 Å². The highest BCUT2D eigenvalue weighted by Crippen LogP contribution is 2.53. The van der Waals surface area contributed by atoms with E-state index in [9.17, 15) is 0 Å². The highest BCUT2D eigenvalue weighted by atomic mass is 32.2. The van der Waals surface area contributed by atoms with Crippen LogP contribution in [0.2, 0.25) is 0 Å². The molecule has 5 rings (SSSR count). The highest BCUT2D eigenvalue weighted by molar-refractivity contribution is 8.06. The van der Waals surface area contributed by atoms with Crippen LogP contribution in [0.15, 0.2) is 68.1 Å². The van der Waals surface area contributed by atoms with Crippen molar-refractivity contribution in [3.05, 3.63) is 48.5 Å². The van der Waals surface area contributed by atoms with Crippen molar-refractivity contribution in [2.45, 2.75) is 56.8 Å². The predicted molar refractivity (Wildman–Crippen MR) is 88.8 cm³/mol. The summed E-state index contributed by atoms with van der Waals surface area (Å²) in [6.07, 6.45) is 2.68. The van der Waals surface area contributed by atoms with E-state index in [0.717, 1.165) is 10.5 Å². The van der Waals surface area contributed by atoms with Crippen molar-refractivity contribution in [1.29, 1.82) is 0 Å². The third kappa shape index (κ3) is 1.64. The van der Waals surface area contributed by atoms with E-state index in [4.69, 9.17) is 0 Å². The van der Waals surface area contributed by atoms with Crippen LogP contribution in [-0.2, 0) is 21.8 Å². The SMILES string of the molecule is CCC[C@@H]1[C@H](C)[S+]2c3ccccc3[S+]1c1ccccc12. The molecule has 0 saturated carbocycles. The number of rotatable bonds is 2. The van der Waals surface area contributed by atoms with Crippen molar-refractivity contribution < 1.29 is 0 Å². The molecule has 0 aliphatic carbocycles. The van der Waals surface area contributed by atoms with Crippen molar-refractivity contribution in [2.24, 2.45) is 0 Å². The number of fused-ring (bicyclic) bond motifs is 1. The first kappa shape index (κ1) is 12.8. The van der Waals surface area contributed by atoms with Crippen LogP contribution in [0, 0.1) is 0 Å². The Labute approximate surface area is 127 Å². The minimum absolute atomic E-state index is 0.295. The van der Waals surface area contributed by atoms with E-state index in [1.54, 1.807) is 19.6 Å². The van der Waals surface area contributed by atoms with Crippen LogP contribution in [0.25, 0.3) is 0 Å². The van der Waals surface area contributed by atoms with Gasteiger partial charge >= 0.3 is 0 Å². The monoisotopic (exact) mass is 300 g/mol. The molecule has 2 aromatic carbocycles. The molecule has 20 heavy (non-hydrogen) atoms. The highest BCUT2D eigenvalue weighted by Gasteiger charge is 2.63. The molecule has 0 fully saturated rings. The van der Waals surface area contributed by atoms with Gasteiger partial charge in [0.25, 0.3) is 0 Å². The fraction of sp³-hybridized carbons (Fsp3) is 0.333. The maximum absolute atomic E-state index is 2.50. The molecule has 3 heterocycles. The second-order valence-electron chi connectivity index (χ2n) is 5.60. The largest absolute Gasteiger partial charge is 0.216 e. The van der Waals surface area contributed by atoms with E-state index < -0.39 is 0 Å². The van der Waals surface area contributed by atoms with Gasteiger partial charge in [0.05, 0.1) is 21.8 Å². The van der Waals surface area contributed by atoms with Gasteiger partial charge in [-0.05, 0) is 31.2 Å². The van der Waals surface area contributed by atoms with Gasteiger partial charge in [-0.1, -0.05) is 37.6 Å². The Morgan fingerprint density at radius 2 is 1.25 bits per heavy atom. The molecule has 3 aliphatic heterocycles. The minimum atomic E-state index is 0.295. The summed E-state index contributed by atoms with van der Waals surface area (Å²) in [6, 6.07) is 18.5. The third-order valence-corrected chi connectivity index (χ3v) is 10.5. The van der Waals surface area contributed by atoms with Crippen LogP contribution in [-0.4, -0.2) is 10.5 Å². The summed E-state index contributed by atoms with van der Waals surface area (Å²) < 4.78 is 0. The minimum Gasteiger partial charge on any atom is -0.0652 e. The Morgan fingerprint density at radius 3 is 1.70 bits per heavy atom. The molecule has 2 aromatic rings. The molecule has 0 spiro atoms. The van der Waals surface area contributed by atoms with Crippen LogP contribution in [0.4, 0.5) is 0 Å². The zero-order chi connectivity index (χ0) is 13.7. The lowest BCUT2D eigenvalue weighted by Crippen LogP contribution is -2.47. The molecule has 2 bridgehead atoms. The summed E-state index contributed by atoms with van der Waals surface area (Å²) >= 11 is 0. The topological polar surface area (TPSA) is 0 Å². The summed E-state index contributed by atoms with van der Waals surface area (Å²) in [5, 5.41) is 1.66. The number of benzene rings is 2. The fourth-order valence-corrected chi connectivity index (χ4v) is 10.6. The van der Waals surface area contributed by atoms with Gasteiger partial charge in [0.1, 0.15) is 0 Å². The molecule has 0 amide bonds. The van der Waals surface area contributed by atoms with Gasteiger partial charge in [-0.15, -0.1) is 0 Å². The third-order valence-electron chi connectivity index (χ3n) is 4.42. The van der Waals surface area contributed by atoms with Crippen molar-refractivity contribution in [3.8, 4) is 0 Å². The average molecular weight is 300 g/mol. The molecule has 3 aliphatic rings. The Bertz CT molecular complexity index is 602. The van der Waals surface area contributed by atoms with Gasteiger partial charge in [0, 0.05) is 6.42 Å². The first-order valence-electron chi connectivity index (χ1n) is 7.47. The lowest BCUT2D eigenvalue weighted by atomic mass is 10.2. The van der Waals surface area contributed by atoms with Gasteiger partial charge in [-0.2, -0.15) is 0 Å². The fourth-order valence-electron chi connectivity index (χ4n) is 3.57. The lowest BCUT2D eigenvalue weighted by Gasteiger charge is -2.34. The van der Waals surface area contributed by atoms with E-state index in [0.29, 0.717) is 21.8 Å². The number of hydrogen-bond donors (Lipinski definition) is 0. The normalized spacial score (nSPS) is 29.9. The molecule has 0 radical (unpaired) electrons. The van der Waals surface area contributed by atoms with Crippen molar-refractivity contribution in [3.63, 3.8) is 0 Å². The summed E-state index contributed by atoms with van der Waals surface area (Å²) in [4.78, 5) is 6.56. The first-order valence-corrected chi connectivity index (χ1v) is 10.0. The summed E-state index contributed by atoms with van der Waals surface area (Å²) in [7, 11) is 0.599. The second kappa shape index (κ2) is 4.85. The Morgan fingerprint density at radius 1 is 0.800 bits per heavy atom. The van der Waals surface area contributed by atoms with Crippen LogP contribution in [0.1, 0.15) is 26.7 Å². The molecule has 0 nitrogen and oxygen atoms in total. The van der Waals surface area contributed by atoms with Crippen LogP contribution < -0.4 is 0 Å². The van der Waals surface area contributed by atoms with Crippen molar-refractivity contribution in [1.82, 2.24) is 0 Å². The van der Waals surface area contributed by atoms with E-state index >= 15 is 0 Å². The van der Waals surface area contributed by atoms with Gasteiger partial charge in [-0.3, -0.25) is 0 Å². The van der Waals surface area contributed by atoms with Crippen LogP contribution in [0.3, 0.4) is 0 Å². The molecular formula is C18H20S2+2. The van der Waals surface area contributed by atoms with Crippen LogP contribution in [0.5, 0.6) is 0 Å². The van der Waals surface area contributed by atoms with Gasteiger partial charge in [0.2, 0.25) is 19.6 Å². The maximum Gasteiger partial charge on any atom is 0.216 e. The Kier molecular flexibility index (Phi) is 3.12. The molecule has 0 saturated heterocycles. The standard InChI is InChI=1S/C18H20S2/c1-3-8-14-13(2)19-15-9-4-6-11-17(15)20(14)18-12-7-5-10-16(18)19/h4-7,9-14H,3,8H2,1-2H3/q+2/t13-,14+,19?,20?/m0/s1. The van der Waals surface area contributed by atoms with E-state index in [1.165, 1.54) is 12.8 Å². The average Bonchev–Trinajstić information content (AvgIpc) is 2.50. The molecule has 2 heteroatoms. The second-order valence-corrected chi connectivity index (χ2v) is 10.1. The first-order chi connectivity index (χ1) is 9.83. The van der Waals surface area contributed by atoms with E-state index in [2.05, 4.69) is 62.4 Å². The quantitative estimate of drug-likeness (QED) is 0.709. The Hall–Kier alpha value is -0.860. The van der Waals surface area contributed by atoms with Gasteiger partial charge < -0.3 is 0 Å². The zero-order valence-corrected chi connectivity index (χ0v) is 13.6. The summed E-state index contributed by atoms with van der Waals surface area (Å²) in [6.45, 7) is 4.83. The molecule has 0 aromatic heterocycles. The molecule has 0 N–H and O–H groups in total. The van der Waals surface area contributed by atoms with Gasteiger partial charge in [-0.25, -0.2) is 0 Å². The maximum atomic E-state index is 2.50. The summed E-state index contributed by atoms with van der Waals surface area (Å²) in [5.41, 5.74) is 0. The zero-order valence-electron chi connectivity index (χ0n) is 12.0. The van der Waals surface area contributed by atoms with E-state index in [-0.39, 0.29) is 0 Å².